The van der Waals surface area contributed by atoms with Gasteiger partial charge >= 0.3 is 5.97 Å². The molecule has 1 amide bonds. The third kappa shape index (κ3) is 6.23. The first-order valence-electron chi connectivity index (χ1n) is 9.72. The lowest BCUT2D eigenvalue weighted by molar-refractivity contribution is -0.149. The number of rotatable bonds is 11. The Labute approximate surface area is 172 Å². The summed E-state index contributed by atoms with van der Waals surface area (Å²) >= 11 is 0. The van der Waals surface area contributed by atoms with Crippen molar-refractivity contribution in [3.63, 3.8) is 0 Å². The van der Waals surface area contributed by atoms with Crippen molar-refractivity contribution in [3.05, 3.63) is 23.7 Å². The molecular weight excluding hydrogens is 400 g/mol. The summed E-state index contributed by atoms with van der Waals surface area (Å²) in [5.41, 5.74) is 0.741. The number of nitrogens with one attached hydrogen (secondary N) is 1. The van der Waals surface area contributed by atoms with Crippen LogP contribution in [0, 0.1) is 0 Å². The first-order chi connectivity index (χ1) is 14.3. The summed E-state index contributed by atoms with van der Waals surface area (Å²) in [5.74, 6) is -2.74. The van der Waals surface area contributed by atoms with Gasteiger partial charge in [0, 0.05) is 6.20 Å². The van der Waals surface area contributed by atoms with Crippen molar-refractivity contribution in [1.82, 2.24) is 20.3 Å². The molecule has 0 spiro atoms. The summed E-state index contributed by atoms with van der Waals surface area (Å²) in [5, 5.41) is 58.6. The molecule has 168 valence electrons. The summed E-state index contributed by atoms with van der Waals surface area (Å²) in [6, 6.07) is -1.27. The third-order valence-corrected chi connectivity index (χ3v) is 4.69. The first kappa shape index (κ1) is 23.7. The molecule has 12 nitrogen and oxygen atoms in total. The summed E-state index contributed by atoms with van der Waals surface area (Å²) < 4.78 is 6.48. The minimum absolute atomic E-state index is 0.231. The molecule has 0 aromatic carbocycles. The van der Waals surface area contributed by atoms with E-state index in [1.54, 1.807) is 6.20 Å². The van der Waals surface area contributed by atoms with E-state index in [4.69, 9.17) is 14.9 Å². The number of carbonyl (C=O) groups is 2. The fraction of sp³-hybridized carbons (Fsp3) is 0.667. The molecule has 1 aromatic heterocycles. The predicted octanol–water partition coefficient (Wildman–Crippen LogP) is -2.06. The third-order valence-electron chi connectivity index (χ3n) is 4.69. The van der Waals surface area contributed by atoms with Crippen LogP contribution in [-0.2, 0) is 27.3 Å². The highest BCUT2D eigenvalue weighted by molar-refractivity contribution is 5.84. The van der Waals surface area contributed by atoms with Crippen LogP contribution in [0.5, 0.6) is 0 Å². The molecule has 0 fully saturated rings. The number of carboxylic acid groups (broad SMARTS) is 1. The zero-order valence-corrected chi connectivity index (χ0v) is 16.6. The van der Waals surface area contributed by atoms with E-state index in [0.29, 0.717) is 0 Å². The van der Waals surface area contributed by atoms with Crippen LogP contribution in [0.1, 0.15) is 31.9 Å². The lowest BCUT2D eigenvalue weighted by Crippen LogP contribution is -2.60. The maximum atomic E-state index is 12.4. The molecule has 0 unspecified atom stereocenters. The van der Waals surface area contributed by atoms with E-state index in [2.05, 4.69) is 22.6 Å². The Bertz CT molecular complexity index is 752. The smallest absolute Gasteiger partial charge is 0.370 e. The lowest BCUT2D eigenvalue weighted by Gasteiger charge is -2.38. The molecule has 0 aliphatic carbocycles. The predicted molar refractivity (Wildman–Crippen MR) is 101 cm³/mol. The van der Waals surface area contributed by atoms with Crippen LogP contribution in [-0.4, -0.2) is 89.5 Å². The number of aliphatic carboxylic acids is 1. The van der Waals surface area contributed by atoms with Gasteiger partial charge in [0.2, 0.25) is 11.7 Å². The number of hydrogen-bond donors (Lipinski definition) is 6. The Morgan fingerprint density at radius 1 is 1.33 bits per heavy atom. The van der Waals surface area contributed by atoms with Crippen LogP contribution in [0.15, 0.2) is 18.0 Å². The number of nitrogens with zero attached hydrogens (tertiary/aromatic N) is 3. The molecule has 12 heteroatoms. The number of amides is 1. The fourth-order valence-electron chi connectivity index (χ4n) is 3.08. The number of hydrogen-bond acceptors (Lipinski definition) is 9. The lowest BCUT2D eigenvalue weighted by atomic mass is 9.94. The van der Waals surface area contributed by atoms with E-state index in [1.165, 1.54) is 4.68 Å². The second kappa shape index (κ2) is 11.0. The molecule has 2 heterocycles. The van der Waals surface area contributed by atoms with Gasteiger partial charge in [0.25, 0.3) is 0 Å². The van der Waals surface area contributed by atoms with Crippen LogP contribution in [0.25, 0.3) is 0 Å². The number of aliphatic hydroxyl groups is 4. The van der Waals surface area contributed by atoms with Gasteiger partial charge in [-0.2, -0.15) is 0 Å². The molecule has 0 saturated heterocycles. The zero-order valence-electron chi connectivity index (χ0n) is 16.6. The summed E-state index contributed by atoms with van der Waals surface area (Å²) in [4.78, 5) is 23.6. The highest BCUT2D eigenvalue weighted by atomic mass is 16.5. The Hall–Kier alpha value is -2.54. The molecule has 6 N–H and O–H groups in total. The molecule has 2 rings (SSSR count). The van der Waals surface area contributed by atoms with E-state index in [9.17, 15) is 24.9 Å². The van der Waals surface area contributed by atoms with E-state index in [1.807, 2.05) is 0 Å². The van der Waals surface area contributed by atoms with Gasteiger partial charge in [-0.25, -0.2) is 9.48 Å². The molecule has 1 aromatic rings. The minimum Gasteiger partial charge on any atom is -0.478 e. The SMILES string of the molecule is CCCCCc1cn(CC(=O)N[C@H]2[C@H]([C@H](O)[C@H](O)CO)OC(C(=O)O)=C[C@@H]2O)nn1. The van der Waals surface area contributed by atoms with Crippen LogP contribution in [0.3, 0.4) is 0 Å². The van der Waals surface area contributed by atoms with Crippen molar-refractivity contribution >= 4 is 11.9 Å². The van der Waals surface area contributed by atoms with Crippen LogP contribution in [0.4, 0.5) is 0 Å². The molecule has 30 heavy (non-hydrogen) atoms. The van der Waals surface area contributed by atoms with Crippen molar-refractivity contribution in [3.8, 4) is 0 Å². The van der Waals surface area contributed by atoms with Gasteiger partial charge in [-0.15, -0.1) is 5.10 Å². The Kier molecular flexibility index (Phi) is 8.72. The first-order valence-corrected chi connectivity index (χ1v) is 9.72. The number of ether oxygens (including phenoxy) is 1. The van der Waals surface area contributed by atoms with E-state index in [-0.39, 0.29) is 6.54 Å². The van der Waals surface area contributed by atoms with Crippen molar-refractivity contribution in [2.45, 2.75) is 69.6 Å². The Morgan fingerprint density at radius 3 is 2.70 bits per heavy atom. The second-order valence-corrected chi connectivity index (χ2v) is 7.11. The summed E-state index contributed by atoms with van der Waals surface area (Å²) in [7, 11) is 0. The largest absolute Gasteiger partial charge is 0.478 e. The highest BCUT2D eigenvalue weighted by Crippen LogP contribution is 2.23. The van der Waals surface area contributed by atoms with Crippen LogP contribution >= 0.6 is 0 Å². The number of aliphatic hydroxyl groups excluding tert-OH is 4. The van der Waals surface area contributed by atoms with E-state index >= 15 is 0 Å². The van der Waals surface area contributed by atoms with Crippen molar-refractivity contribution in [2.24, 2.45) is 0 Å². The fourth-order valence-corrected chi connectivity index (χ4v) is 3.08. The quantitative estimate of drug-likeness (QED) is 0.214. The normalized spacial score (nSPS) is 23.2. The maximum absolute atomic E-state index is 12.4. The van der Waals surface area contributed by atoms with Gasteiger partial charge in [-0.05, 0) is 18.9 Å². The average molecular weight is 428 g/mol. The van der Waals surface area contributed by atoms with Crippen LogP contribution < -0.4 is 5.32 Å². The van der Waals surface area contributed by atoms with Gasteiger partial charge < -0.3 is 35.6 Å². The number of carboxylic acids is 1. The van der Waals surface area contributed by atoms with Gasteiger partial charge in [-0.3, -0.25) is 4.79 Å². The monoisotopic (exact) mass is 428 g/mol. The maximum Gasteiger partial charge on any atom is 0.370 e. The van der Waals surface area contributed by atoms with Gasteiger partial charge in [0.15, 0.2) is 6.10 Å². The second-order valence-electron chi connectivity index (χ2n) is 7.11. The van der Waals surface area contributed by atoms with E-state index < -0.39 is 54.7 Å². The number of unbranched alkanes of at least 4 members (excludes halogenated alkanes) is 2. The Morgan fingerprint density at radius 2 is 2.07 bits per heavy atom. The number of aryl methyl sites for hydroxylation is 1. The average Bonchev–Trinajstić information content (AvgIpc) is 3.15. The molecule has 1 aliphatic rings. The van der Waals surface area contributed by atoms with Crippen molar-refractivity contribution in [1.29, 1.82) is 0 Å². The minimum atomic E-state index is -1.77. The topological polar surface area (TPSA) is 187 Å². The number of aromatic nitrogens is 3. The van der Waals surface area contributed by atoms with Gasteiger partial charge in [0.05, 0.1) is 18.3 Å². The zero-order chi connectivity index (χ0) is 22.3. The molecule has 0 saturated carbocycles. The molecule has 0 bridgehead atoms. The summed E-state index contributed by atoms with van der Waals surface area (Å²) in [6.45, 7) is 1.03. The molecule has 0 radical (unpaired) electrons. The Balaban J connectivity index is 2.07. The van der Waals surface area contributed by atoms with Gasteiger partial charge in [0.1, 0.15) is 24.9 Å². The molecule has 5 atom stereocenters. The molecule has 1 aliphatic heterocycles. The number of carbonyl (C=O) groups excluding carboxylic acids is 1. The standard InChI is InChI=1S/C18H28N4O8/c1-2-3-4-5-10-7-22(21-20-10)8-14(26)19-15-11(24)6-13(18(28)29)30-17(15)16(27)12(25)9-23/h6-7,11-12,15-17,23-25,27H,2-5,8-9H2,1H3,(H,19,26)(H,28,29)/t11-,12+,15+,16+,17+/m0/s1. The van der Waals surface area contributed by atoms with Crippen molar-refractivity contribution < 1.29 is 39.9 Å². The van der Waals surface area contributed by atoms with E-state index in [0.717, 1.165) is 37.5 Å². The summed E-state index contributed by atoms with van der Waals surface area (Å²) in [6.07, 6.45) is -0.136. The van der Waals surface area contributed by atoms with Gasteiger partial charge in [-0.1, -0.05) is 25.0 Å². The molecular formula is C18H28N4O8. The van der Waals surface area contributed by atoms with Crippen LogP contribution in [0.2, 0.25) is 0 Å². The van der Waals surface area contributed by atoms with Crippen molar-refractivity contribution in [2.75, 3.05) is 6.61 Å². The highest BCUT2D eigenvalue weighted by Gasteiger charge is 2.43.